The number of hydrogen-bond acceptors (Lipinski definition) is 3. The van der Waals surface area contributed by atoms with Crippen molar-refractivity contribution in [2.24, 2.45) is 0 Å². The molecule has 74 valence electrons. The van der Waals surface area contributed by atoms with Gasteiger partial charge >= 0.3 is 0 Å². The number of hydrogen-bond donors (Lipinski definition) is 0. The smallest absolute Gasteiger partial charge is 0.150 e. The molecule has 2 heterocycles. The van der Waals surface area contributed by atoms with E-state index in [4.69, 9.17) is 10.00 Å². The molecule has 0 saturated carbocycles. The van der Waals surface area contributed by atoms with Gasteiger partial charge in [0.15, 0.2) is 0 Å². The van der Waals surface area contributed by atoms with Gasteiger partial charge in [-0.1, -0.05) is 0 Å². The second kappa shape index (κ2) is 4.25. The number of ether oxygens (including phenoxy) is 1. The molecule has 4 nitrogen and oxygen atoms in total. The van der Waals surface area contributed by atoms with Crippen LogP contribution < -0.4 is 0 Å². The third-order valence-electron chi connectivity index (χ3n) is 2.39. The lowest BCUT2D eigenvalue weighted by Gasteiger charge is -2.22. The SMILES string of the molecule is N#CCc1cnn([C@H]2CCCCO2)c1. The first-order valence-electron chi connectivity index (χ1n) is 4.92. The summed E-state index contributed by atoms with van der Waals surface area (Å²) in [5.74, 6) is 0. The molecule has 0 spiro atoms. The predicted octanol–water partition coefficient (Wildman–Crippen LogP) is 1.65. The summed E-state index contributed by atoms with van der Waals surface area (Å²) in [4.78, 5) is 0. The summed E-state index contributed by atoms with van der Waals surface area (Å²) in [6, 6.07) is 2.11. The van der Waals surface area contributed by atoms with Crippen molar-refractivity contribution < 1.29 is 4.74 Å². The molecule has 1 fully saturated rings. The molecule has 0 N–H and O–H groups in total. The Balaban J connectivity index is 2.04. The van der Waals surface area contributed by atoms with E-state index in [1.807, 2.05) is 10.9 Å². The molecular formula is C10H13N3O. The predicted molar refractivity (Wildman–Crippen MR) is 50.4 cm³/mol. The van der Waals surface area contributed by atoms with Crippen molar-refractivity contribution >= 4 is 0 Å². The summed E-state index contributed by atoms with van der Waals surface area (Å²) < 4.78 is 7.40. The van der Waals surface area contributed by atoms with Crippen LogP contribution in [0, 0.1) is 11.3 Å². The van der Waals surface area contributed by atoms with Crippen LogP contribution >= 0.6 is 0 Å². The second-order valence-corrected chi connectivity index (χ2v) is 3.48. The number of aromatic nitrogens is 2. The van der Waals surface area contributed by atoms with E-state index < -0.39 is 0 Å². The third kappa shape index (κ3) is 1.94. The Morgan fingerprint density at radius 1 is 1.64 bits per heavy atom. The largest absolute Gasteiger partial charge is 0.357 e. The minimum Gasteiger partial charge on any atom is -0.357 e. The fraction of sp³-hybridized carbons (Fsp3) is 0.600. The average molecular weight is 191 g/mol. The van der Waals surface area contributed by atoms with Crippen LogP contribution in [0.1, 0.15) is 31.1 Å². The van der Waals surface area contributed by atoms with E-state index >= 15 is 0 Å². The molecule has 1 aliphatic rings. The van der Waals surface area contributed by atoms with E-state index in [1.54, 1.807) is 6.20 Å². The molecule has 0 unspecified atom stereocenters. The zero-order valence-corrected chi connectivity index (χ0v) is 8.02. The van der Waals surface area contributed by atoms with E-state index in [9.17, 15) is 0 Å². The highest BCUT2D eigenvalue weighted by Crippen LogP contribution is 2.21. The van der Waals surface area contributed by atoms with Crippen molar-refractivity contribution in [3.05, 3.63) is 18.0 Å². The zero-order valence-electron chi connectivity index (χ0n) is 8.02. The van der Waals surface area contributed by atoms with E-state index in [0.717, 1.165) is 25.0 Å². The van der Waals surface area contributed by atoms with Crippen LogP contribution in [0.4, 0.5) is 0 Å². The lowest BCUT2D eigenvalue weighted by atomic mass is 10.2. The quantitative estimate of drug-likeness (QED) is 0.714. The number of nitrogens with zero attached hydrogens (tertiary/aromatic N) is 3. The monoisotopic (exact) mass is 191 g/mol. The van der Waals surface area contributed by atoms with Crippen LogP contribution in [0.2, 0.25) is 0 Å². The molecular weight excluding hydrogens is 178 g/mol. The fourth-order valence-electron chi connectivity index (χ4n) is 1.65. The third-order valence-corrected chi connectivity index (χ3v) is 2.39. The molecule has 0 aromatic carbocycles. The first kappa shape index (κ1) is 9.22. The van der Waals surface area contributed by atoms with Crippen LogP contribution in [0.3, 0.4) is 0 Å². The minimum atomic E-state index is 0.0798. The number of nitriles is 1. The van der Waals surface area contributed by atoms with E-state index in [2.05, 4.69) is 11.2 Å². The van der Waals surface area contributed by atoms with Crippen LogP contribution in [0.5, 0.6) is 0 Å². The van der Waals surface area contributed by atoms with Crippen molar-refractivity contribution in [2.45, 2.75) is 31.9 Å². The van der Waals surface area contributed by atoms with Crippen LogP contribution in [0.15, 0.2) is 12.4 Å². The van der Waals surface area contributed by atoms with Gasteiger partial charge in [0.05, 0.1) is 18.7 Å². The molecule has 1 aromatic rings. The van der Waals surface area contributed by atoms with Crippen molar-refractivity contribution in [1.29, 1.82) is 5.26 Å². The molecule has 4 heteroatoms. The molecule has 1 aliphatic heterocycles. The summed E-state index contributed by atoms with van der Waals surface area (Å²) in [6.07, 6.45) is 7.50. The summed E-state index contributed by atoms with van der Waals surface area (Å²) in [5.41, 5.74) is 0.960. The van der Waals surface area contributed by atoms with Gasteiger partial charge in [0.1, 0.15) is 6.23 Å². The Kier molecular flexibility index (Phi) is 2.80. The maximum Gasteiger partial charge on any atom is 0.150 e. The van der Waals surface area contributed by atoms with Crippen LogP contribution in [-0.4, -0.2) is 16.4 Å². The van der Waals surface area contributed by atoms with Gasteiger partial charge < -0.3 is 4.74 Å². The van der Waals surface area contributed by atoms with Gasteiger partial charge in [-0.3, -0.25) is 0 Å². The van der Waals surface area contributed by atoms with Crippen molar-refractivity contribution in [1.82, 2.24) is 9.78 Å². The maximum atomic E-state index is 8.52. The van der Waals surface area contributed by atoms with Gasteiger partial charge in [0.2, 0.25) is 0 Å². The topological polar surface area (TPSA) is 50.8 Å². The normalized spacial score (nSPS) is 21.8. The van der Waals surface area contributed by atoms with E-state index in [-0.39, 0.29) is 6.23 Å². The van der Waals surface area contributed by atoms with Crippen molar-refractivity contribution in [3.8, 4) is 6.07 Å². The Morgan fingerprint density at radius 3 is 3.29 bits per heavy atom. The van der Waals surface area contributed by atoms with Gasteiger partial charge in [-0.25, -0.2) is 4.68 Å². The molecule has 1 aromatic heterocycles. The highest BCUT2D eigenvalue weighted by atomic mass is 16.5. The number of rotatable bonds is 2. The van der Waals surface area contributed by atoms with Gasteiger partial charge in [-0.15, -0.1) is 0 Å². The molecule has 0 bridgehead atoms. The first-order valence-corrected chi connectivity index (χ1v) is 4.92. The molecule has 2 rings (SSSR count). The lowest BCUT2D eigenvalue weighted by Crippen LogP contribution is -2.18. The standard InChI is InChI=1S/C10H13N3O/c11-5-4-9-7-12-13(8-9)10-3-1-2-6-14-10/h7-8,10H,1-4,6H2/t10-/m1/s1. The van der Waals surface area contributed by atoms with Crippen molar-refractivity contribution in [3.63, 3.8) is 0 Å². The summed E-state index contributed by atoms with van der Waals surface area (Å²) >= 11 is 0. The first-order chi connectivity index (χ1) is 6.90. The van der Waals surface area contributed by atoms with Gasteiger partial charge in [0.25, 0.3) is 0 Å². The molecule has 1 atom stereocenters. The van der Waals surface area contributed by atoms with Gasteiger partial charge in [-0.05, 0) is 19.3 Å². The second-order valence-electron chi connectivity index (χ2n) is 3.48. The maximum absolute atomic E-state index is 8.52. The average Bonchev–Trinajstić information content (AvgIpc) is 2.68. The highest BCUT2D eigenvalue weighted by molar-refractivity contribution is 5.09. The Bertz CT molecular complexity index is 333. The summed E-state index contributed by atoms with van der Waals surface area (Å²) in [5, 5.41) is 12.7. The minimum absolute atomic E-state index is 0.0798. The Hall–Kier alpha value is -1.34. The van der Waals surface area contributed by atoms with E-state index in [1.165, 1.54) is 6.42 Å². The fourth-order valence-corrected chi connectivity index (χ4v) is 1.65. The molecule has 0 amide bonds. The summed E-state index contributed by atoms with van der Waals surface area (Å²) in [7, 11) is 0. The van der Waals surface area contributed by atoms with Crippen LogP contribution in [-0.2, 0) is 11.2 Å². The Labute approximate surface area is 83.1 Å². The highest BCUT2D eigenvalue weighted by Gasteiger charge is 2.16. The molecule has 0 radical (unpaired) electrons. The molecule has 1 saturated heterocycles. The molecule has 0 aliphatic carbocycles. The van der Waals surface area contributed by atoms with Crippen molar-refractivity contribution in [2.75, 3.05) is 6.61 Å². The molecule has 14 heavy (non-hydrogen) atoms. The van der Waals surface area contributed by atoms with Crippen LogP contribution in [0.25, 0.3) is 0 Å². The van der Waals surface area contributed by atoms with Gasteiger partial charge in [0, 0.05) is 18.4 Å². The van der Waals surface area contributed by atoms with E-state index in [0.29, 0.717) is 6.42 Å². The van der Waals surface area contributed by atoms with Gasteiger partial charge in [-0.2, -0.15) is 10.4 Å². The zero-order chi connectivity index (χ0) is 9.80. The Morgan fingerprint density at radius 2 is 2.57 bits per heavy atom. The lowest BCUT2D eigenvalue weighted by molar-refractivity contribution is -0.0395. The summed E-state index contributed by atoms with van der Waals surface area (Å²) in [6.45, 7) is 0.818.